The summed E-state index contributed by atoms with van der Waals surface area (Å²) < 4.78 is 2.34. The molecule has 0 atom stereocenters. The summed E-state index contributed by atoms with van der Waals surface area (Å²) in [6.45, 7) is 3.31. The number of hydrogen-bond acceptors (Lipinski definition) is 3. The van der Waals surface area contributed by atoms with Crippen molar-refractivity contribution in [3.8, 4) is 11.3 Å². The van der Waals surface area contributed by atoms with Gasteiger partial charge in [-0.2, -0.15) is 0 Å². The van der Waals surface area contributed by atoms with Crippen LogP contribution in [0.2, 0.25) is 0 Å². The molecule has 2 aromatic carbocycles. The summed E-state index contributed by atoms with van der Waals surface area (Å²) in [7, 11) is 0. The molecule has 0 fully saturated rings. The first-order valence-corrected chi connectivity index (χ1v) is 8.70. The zero-order valence-corrected chi connectivity index (χ0v) is 14.7. The van der Waals surface area contributed by atoms with Gasteiger partial charge in [-0.25, -0.2) is 5.48 Å². The minimum Gasteiger partial charge on any atom is -0.336 e. The molecular formula is C22H21N3O. The fourth-order valence-corrected chi connectivity index (χ4v) is 3.42. The van der Waals surface area contributed by atoms with Crippen LogP contribution >= 0.6 is 0 Å². The van der Waals surface area contributed by atoms with Gasteiger partial charge in [0.15, 0.2) is 0 Å². The van der Waals surface area contributed by atoms with E-state index in [9.17, 15) is 0 Å². The van der Waals surface area contributed by atoms with Crippen molar-refractivity contribution in [1.29, 1.82) is 0 Å². The van der Waals surface area contributed by atoms with Gasteiger partial charge in [0, 0.05) is 47.6 Å². The van der Waals surface area contributed by atoms with E-state index in [4.69, 9.17) is 5.21 Å². The van der Waals surface area contributed by atoms with E-state index in [0.29, 0.717) is 6.54 Å². The van der Waals surface area contributed by atoms with Crippen LogP contribution in [0, 0.1) is 6.92 Å². The van der Waals surface area contributed by atoms with Crippen LogP contribution < -0.4 is 5.48 Å². The van der Waals surface area contributed by atoms with E-state index in [2.05, 4.69) is 70.5 Å². The SMILES string of the molecule is Cc1ccc(CNO)cc1-c1cc2ccccc2n1Cc1cccnc1. The second-order valence-corrected chi connectivity index (χ2v) is 6.52. The van der Waals surface area contributed by atoms with E-state index in [-0.39, 0.29) is 0 Å². The second kappa shape index (κ2) is 7.12. The van der Waals surface area contributed by atoms with Crippen molar-refractivity contribution in [2.24, 2.45) is 0 Å². The zero-order chi connectivity index (χ0) is 17.9. The molecule has 0 aliphatic carbocycles. The third kappa shape index (κ3) is 3.12. The first-order chi connectivity index (χ1) is 12.8. The Balaban J connectivity index is 1.90. The Morgan fingerprint density at radius 1 is 1.00 bits per heavy atom. The number of hydroxylamine groups is 1. The fourth-order valence-electron chi connectivity index (χ4n) is 3.42. The van der Waals surface area contributed by atoms with Gasteiger partial charge in [-0.15, -0.1) is 0 Å². The molecule has 0 aliphatic rings. The Labute approximate surface area is 152 Å². The molecule has 0 saturated heterocycles. The summed E-state index contributed by atoms with van der Waals surface area (Å²) in [5, 5.41) is 10.3. The summed E-state index contributed by atoms with van der Waals surface area (Å²) in [4.78, 5) is 4.25. The number of pyridine rings is 1. The number of nitrogens with one attached hydrogen (secondary N) is 1. The van der Waals surface area contributed by atoms with Crippen LogP contribution in [-0.2, 0) is 13.1 Å². The van der Waals surface area contributed by atoms with Gasteiger partial charge in [0.2, 0.25) is 0 Å². The minimum absolute atomic E-state index is 0.427. The van der Waals surface area contributed by atoms with Gasteiger partial charge in [0.05, 0.1) is 0 Å². The molecule has 0 unspecified atom stereocenters. The number of aryl methyl sites for hydroxylation is 1. The average Bonchev–Trinajstić information content (AvgIpc) is 3.03. The molecule has 26 heavy (non-hydrogen) atoms. The molecule has 4 aromatic rings. The average molecular weight is 343 g/mol. The number of aromatic nitrogens is 2. The van der Waals surface area contributed by atoms with Crippen molar-refractivity contribution in [3.05, 3.63) is 89.7 Å². The third-order valence-corrected chi connectivity index (χ3v) is 4.74. The molecule has 0 bridgehead atoms. The standard InChI is InChI=1S/C22H21N3O/c1-16-8-9-17(14-24-26)11-20(16)22-12-19-6-2-3-7-21(19)25(22)15-18-5-4-10-23-13-18/h2-13,24,26H,14-15H2,1H3. The van der Waals surface area contributed by atoms with Crippen molar-refractivity contribution in [3.63, 3.8) is 0 Å². The highest BCUT2D eigenvalue weighted by Gasteiger charge is 2.13. The first kappa shape index (κ1) is 16.5. The molecule has 4 rings (SSSR count). The van der Waals surface area contributed by atoms with Crippen molar-refractivity contribution >= 4 is 10.9 Å². The summed E-state index contributed by atoms with van der Waals surface area (Å²) in [5.74, 6) is 0. The van der Waals surface area contributed by atoms with Crippen molar-refractivity contribution in [2.45, 2.75) is 20.0 Å². The van der Waals surface area contributed by atoms with Crippen molar-refractivity contribution in [2.75, 3.05) is 0 Å². The lowest BCUT2D eigenvalue weighted by Gasteiger charge is -2.14. The first-order valence-electron chi connectivity index (χ1n) is 8.70. The van der Waals surface area contributed by atoms with E-state index in [1.807, 2.05) is 18.3 Å². The quantitative estimate of drug-likeness (QED) is 0.523. The van der Waals surface area contributed by atoms with E-state index in [1.165, 1.54) is 33.3 Å². The van der Waals surface area contributed by atoms with Crippen LogP contribution in [0.3, 0.4) is 0 Å². The Bertz CT molecular complexity index is 1040. The van der Waals surface area contributed by atoms with Gasteiger partial charge in [-0.3, -0.25) is 4.98 Å². The highest BCUT2D eigenvalue weighted by Crippen LogP contribution is 2.31. The van der Waals surface area contributed by atoms with Crippen LogP contribution in [0.4, 0.5) is 0 Å². The van der Waals surface area contributed by atoms with E-state index in [1.54, 1.807) is 6.20 Å². The maximum atomic E-state index is 9.05. The zero-order valence-electron chi connectivity index (χ0n) is 14.7. The lowest BCUT2D eigenvalue weighted by molar-refractivity contribution is 0.161. The number of nitrogens with zero attached hydrogens (tertiary/aromatic N) is 2. The van der Waals surface area contributed by atoms with Crippen LogP contribution in [-0.4, -0.2) is 14.8 Å². The molecule has 0 amide bonds. The van der Waals surface area contributed by atoms with E-state index in [0.717, 1.165) is 12.1 Å². The predicted octanol–water partition coefficient (Wildman–Crippen LogP) is 4.54. The maximum Gasteiger partial charge on any atom is 0.0497 e. The van der Waals surface area contributed by atoms with Crippen molar-refractivity contribution < 1.29 is 5.21 Å². The summed E-state index contributed by atoms with van der Waals surface area (Å²) >= 11 is 0. The van der Waals surface area contributed by atoms with Gasteiger partial charge >= 0.3 is 0 Å². The molecule has 2 N–H and O–H groups in total. The molecule has 0 spiro atoms. The Morgan fingerprint density at radius 2 is 1.88 bits per heavy atom. The number of para-hydroxylation sites is 1. The van der Waals surface area contributed by atoms with E-state index >= 15 is 0 Å². The summed E-state index contributed by atoms with van der Waals surface area (Å²) in [5.41, 5.74) is 9.23. The fraction of sp³-hybridized carbons (Fsp3) is 0.136. The molecule has 0 saturated carbocycles. The highest BCUT2D eigenvalue weighted by atomic mass is 16.5. The van der Waals surface area contributed by atoms with Crippen LogP contribution in [0.25, 0.3) is 22.2 Å². The van der Waals surface area contributed by atoms with Gasteiger partial charge in [-0.1, -0.05) is 36.4 Å². The molecule has 4 nitrogen and oxygen atoms in total. The molecule has 0 radical (unpaired) electrons. The number of rotatable bonds is 5. The summed E-state index contributed by atoms with van der Waals surface area (Å²) in [6, 6.07) is 21.0. The lowest BCUT2D eigenvalue weighted by Crippen LogP contribution is -2.07. The summed E-state index contributed by atoms with van der Waals surface area (Å²) in [6.07, 6.45) is 3.71. The normalized spacial score (nSPS) is 11.2. The maximum absolute atomic E-state index is 9.05. The van der Waals surface area contributed by atoms with Crippen LogP contribution in [0.5, 0.6) is 0 Å². The molecule has 2 aromatic heterocycles. The Kier molecular flexibility index (Phi) is 4.52. The Hall–Kier alpha value is -2.95. The van der Waals surface area contributed by atoms with Crippen molar-refractivity contribution in [1.82, 2.24) is 15.0 Å². The van der Waals surface area contributed by atoms with Gasteiger partial charge < -0.3 is 9.77 Å². The third-order valence-electron chi connectivity index (χ3n) is 4.74. The number of hydrogen-bond donors (Lipinski definition) is 2. The van der Waals surface area contributed by atoms with Crippen LogP contribution in [0.15, 0.2) is 73.1 Å². The molecular weight excluding hydrogens is 322 g/mol. The largest absolute Gasteiger partial charge is 0.336 e. The minimum atomic E-state index is 0.427. The molecule has 130 valence electrons. The second-order valence-electron chi connectivity index (χ2n) is 6.52. The molecule has 2 heterocycles. The Morgan fingerprint density at radius 3 is 2.69 bits per heavy atom. The smallest absolute Gasteiger partial charge is 0.0497 e. The van der Waals surface area contributed by atoms with Gasteiger partial charge in [0.25, 0.3) is 0 Å². The van der Waals surface area contributed by atoms with Gasteiger partial charge in [-0.05, 0) is 47.9 Å². The molecule has 4 heteroatoms. The lowest BCUT2D eigenvalue weighted by atomic mass is 10.0. The topological polar surface area (TPSA) is 50.1 Å². The van der Waals surface area contributed by atoms with Crippen LogP contribution in [0.1, 0.15) is 16.7 Å². The monoisotopic (exact) mass is 343 g/mol. The van der Waals surface area contributed by atoms with E-state index < -0.39 is 0 Å². The highest BCUT2D eigenvalue weighted by molar-refractivity contribution is 5.87. The van der Waals surface area contributed by atoms with Gasteiger partial charge in [0.1, 0.15) is 0 Å². The predicted molar refractivity (Wildman–Crippen MR) is 104 cm³/mol. The number of fused-ring (bicyclic) bond motifs is 1. The number of benzene rings is 2. The molecule has 0 aliphatic heterocycles.